The first-order valence-electron chi connectivity index (χ1n) is 6.92. The van der Waals surface area contributed by atoms with Crippen LogP contribution in [0.1, 0.15) is 44.9 Å². The number of imidazole rings is 1. The van der Waals surface area contributed by atoms with Gasteiger partial charge >= 0.3 is 0 Å². The molecule has 3 heteroatoms. The number of nitrogens with zero attached hydrogens (tertiary/aromatic N) is 2. The van der Waals surface area contributed by atoms with Crippen LogP contribution in [0.5, 0.6) is 0 Å². The Morgan fingerprint density at radius 1 is 1.53 bits per heavy atom. The van der Waals surface area contributed by atoms with Crippen molar-refractivity contribution < 1.29 is 0 Å². The Bertz CT molecular complexity index is 345. The van der Waals surface area contributed by atoms with Crippen LogP contribution in [0, 0.1) is 11.8 Å². The molecule has 1 aliphatic rings. The standard InChI is InChI=1S/C14H25N3/c1-3-11-4-5-12(10-11)13(15)6-7-14-16-8-9-17(14)2/h8-9,11-13H,3-7,10,15H2,1-2H3. The van der Waals surface area contributed by atoms with Crippen molar-refractivity contribution in [2.24, 2.45) is 24.6 Å². The second-order valence-electron chi connectivity index (χ2n) is 5.50. The lowest BCUT2D eigenvalue weighted by molar-refractivity contribution is 0.387. The molecule has 1 aliphatic carbocycles. The summed E-state index contributed by atoms with van der Waals surface area (Å²) in [7, 11) is 2.05. The van der Waals surface area contributed by atoms with Crippen LogP contribution in [0.3, 0.4) is 0 Å². The first-order chi connectivity index (χ1) is 8.20. The lowest BCUT2D eigenvalue weighted by atomic mass is 9.93. The molecule has 0 bridgehead atoms. The Kier molecular flexibility index (Phi) is 4.21. The fourth-order valence-electron chi connectivity index (χ4n) is 3.04. The van der Waals surface area contributed by atoms with Crippen LogP contribution in [0.15, 0.2) is 12.4 Å². The van der Waals surface area contributed by atoms with E-state index in [0.717, 1.165) is 30.5 Å². The van der Waals surface area contributed by atoms with Crippen molar-refractivity contribution in [3.63, 3.8) is 0 Å². The summed E-state index contributed by atoms with van der Waals surface area (Å²) < 4.78 is 2.09. The second kappa shape index (κ2) is 5.67. The Morgan fingerprint density at radius 3 is 2.94 bits per heavy atom. The molecule has 1 heterocycles. The molecule has 0 spiro atoms. The molecule has 3 atom stereocenters. The summed E-state index contributed by atoms with van der Waals surface area (Å²) in [5, 5.41) is 0. The van der Waals surface area contributed by atoms with Crippen molar-refractivity contribution in [1.82, 2.24) is 9.55 Å². The number of hydrogen-bond acceptors (Lipinski definition) is 2. The average molecular weight is 235 g/mol. The van der Waals surface area contributed by atoms with Gasteiger partial charge in [0.25, 0.3) is 0 Å². The van der Waals surface area contributed by atoms with Gasteiger partial charge in [-0.05, 0) is 31.1 Å². The van der Waals surface area contributed by atoms with Crippen molar-refractivity contribution in [2.45, 2.75) is 51.5 Å². The zero-order valence-electron chi connectivity index (χ0n) is 11.1. The highest BCUT2D eigenvalue weighted by Crippen LogP contribution is 2.35. The molecular weight excluding hydrogens is 210 g/mol. The van der Waals surface area contributed by atoms with Crippen LogP contribution in [0.2, 0.25) is 0 Å². The number of aryl methyl sites for hydroxylation is 2. The number of hydrogen-bond donors (Lipinski definition) is 1. The van der Waals surface area contributed by atoms with E-state index in [9.17, 15) is 0 Å². The van der Waals surface area contributed by atoms with Gasteiger partial charge in [-0.3, -0.25) is 0 Å². The summed E-state index contributed by atoms with van der Waals surface area (Å²) in [6.45, 7) is 2.30. The van der Waals surface area contributed by atoms with E-state index in [1.165, 1.54) is 25.7 Å². The van der Waals surface area contributed by atoms with E-state index in [0.29, 0.717) is 6.04 Å². The molecule has 0 saturated heterocycles. The summed E-state index contributed by atoms with van der Waals surface area (Å²) in [6, 6.07) is 0.364. The smallest absolute Gasteiger partial charge is 0.108 e. The van der Waals surface area contributed by atoms with Crippen LogP contribution in [-0.2, 0) is 13.5 Å². The lowest BCUT2D eigenvalue weighted by Crippen LogP contribution is -2.29. The molecule has 3 nitrogen and oxygen atoms in total. The third-order valence-corrected chi connectivity index (χ3v) is 4.39. The molecule has 1 aromatic rings. The Morgan fingerprint density at radius 2 is 2.35 bits per heavy atom. The van der Waals surface area contributed by atoms with Crippen LogP contribution < -0.4 is 5.73 Å². The van der Waals surface area contributed by atoms with Gasteiger partial charge in [-0.2, -0.15) is 0 Å². The molecule has 0 radical (unpaired) electrons. The SMILES string of the molecule is CCC1CCC(C(N)CCc2nccn2C)C1. The maximum absolute atomic E-state index is 6.33. The number of aromatic nitrogens is 2. The third kappa shape index (κ3) is 3.09. The highest BCUT2D eigenvalue weighted by molar-refractivity contribution is 4.93. The number of nitrogens with two attached hydrogens (primary N) is 1. The fourth-order valence-corrected chi connectivity index (χ4v) is 3.04. The summed E-state index contributed by atoms with van der Waals surface area (Å²) in [4.78, 5) is 4.35. The topological polar surface area (TPSA) is 43.8 Å². The average Bonchev–Trinajstić information content (AvgIpc) is 2.94. The highest BCUT2D eigenvalue weighted by atomic mass is 15.0. The zero-order chi connectivity index (χ0) is 12.3. The molecular formula is C14H25N3. The minimum Gasteiger partial charge on any atom is -0.338 e. The summed E-state index contributed by atoms with van der Waals surface area (Å²) >= 11 is 0. The normalized spacial score (nSPS) is 26.3. The van der Waals surface area contributed by atoms with E-state index in [4.69, 9.17) is 5.73 Å². The summed E-state index contributed by atoms with van der Waals surface area (Å²) in [5.74, 6) is 2.84. The molecule has 2 rings (SSSR count). The van der Waals surface area contributed by atoms with Gasteiger partial charge < -0.3 is 10.3 Å². The van der Waals surface area contributed by atoms with Crippen molar-refractivity contribution in [3.05, 3.63) is 18.2 Å². The fraction of sp³-hybridized carbons (Fsp3) is 0.786. The Hall–Kier alpha value is -0.830. The van der Waals surface area contributed by atoms with E-state index in [1.54, 1.807) is 0 Å². The first kappa shape index (κ1) is 12.6. The van der Waals surface area contributed by atoms with Crippen molar-refractivity contribution >= 4 is 0 Å². The molecule has 0 aromatic carbocycles. The second-order valence-corrected chi connectivity index (χ2v) is 5.50. The van der Waals surface area contributed by atoms with Gasteiger partial charge in [-0.15, -0.1) is 0 Å². The largest absolute Gasteiger partial charge is 0.338 e. The van der Waals surface area contributed by atoms with Crippen molar-refractivity contribution in [2.75, 3.05) is 0 Å². The van der Waals surface area contributed by atoms with E-state index < -0.39 is 0 Å². The lowest BCUT2D eigenvalue weighted by Gasteiger charge is -2.19. The highest BCUT2D eigenvalue weighted by Gasteiger charge is 2.27. The molecule has 0 aliphatic heterocycles. The molecule has 0 amide bonds. The molecule has 2 N–H and O–H groups in total. The van der Waals surface area contributed by atoms with E-state index in [2.05, 4.69) is 23.5 Å². The molecule has 1 saturated carbocycles. The zero-order valence-corrected chi connectivity index (χ0v) is 11.1. The monoisotopic (exact) mass is 235 g/mol. The quantitative estimate of drug-likeness (QED) is 0.852. The maximum Gasteiger partial charge on any atom is 0.108 e. The van der Waals surface area contributed by atoms with E-state index in [1.807, 2.05) is 12.4 Å². The maximum atomic E-state index is 6.33. The molecule has 3 unspecified atom stereocenters. The molecule has 96 valence electrons. The molecule has 17 heavy (non-hydrogen) atoms. The van der Waals surface area contributed by atoms with Crippen molar-refractivity contribution in [1.29, 1.82) is 0 Å². The summed E-state index contributed by atoms with van der Waals surface area (Å²) in [5.41, 5.74) is 6.33. The van der Waals surface area contributed by atoms with Gasteiger partial charge in [-0.25, -0.2) is 4.98 Å². The predicted molar refractivity (Wildman–Crippen MR) is 70.6 cm³/mol. The van der Waals surface area contributed by atoms with Gasteiger partial charge in [-0.1, -0.05) is 19.8 Å². The van der Waals surface area contributed by atoms with Gasteiger partial charge in [0.05, 0.1) is 0 Å². The van der Waals surface area contributed by atoms with Gasteiger partial charge in [0, 0.05) is 31.9 Å². The molecule has 1 aromatic heterocycles. The Balaban J connectivity index is 1.78. The number of rotatable bonds is 5. The van der Waals surface area contributed by atoms with Crippen molar-refractivity contribution in [3.8, 4) is 0 Å². The van der Waals surface area contributed by atoms with Crippen LogP contribution >= 0.6 is 0 Å². The predicted octanol–water partition coefficient (Wildman–Crippen LogP) is 2.51. The summed E-state index contributed by atoms with van der Waals surface area (Å²) in [6.07, 6.45) is 11.3. The molecule has 1 fully saturated rings. The van der Waals surface area contributed by atoms with Crippen LogP contribution in [0.4, 0.5) is 0 Å². The van der Waals surface area contributed by atoms with E-state index >= 15 is 0 Å². The van der Waals surface area contributed by atoms with E-state index in [-0.39, 0.29) is 0 Å². The Labute approximate surface area is 104 Å². The first-order valence-corrected chi connectivity index (χ1v) is 6.92. The third-order valence-electron chi connectivity index (χ3n) is 4.39. The van der Waals surface area contributed by atoms with Crippen LogP contribution in [-0.4, -0.2) is 15.6 Å². The van der Waals surface area contributed by atoms with Gasteiger partial charge in [0.1, 0.15) is 5.82 Å². The van der Waals surface area contributed by atoms with Crippen LogP contribution in [0.25, 0.3) is 0 Å². The van der Waals surface area contributed by atoms with Gasteiger partial charge in [0.15, 0.2) is 0 Å². The minimum atomic E-state index is 0.364. The van der Waals surface area contributed by atoms with Gasteiger partial charge in [0.2, 0.25) is 0 Å². The minimum absolute atomic E-state index is 0.364.